The summed E-state index contributed by atoms with van der Waals surface area (Å²) in [5.41, 5.74) is 1.00. The van der Waals surface area contributed by atoms with Crippen LogP contribution in [0.2, 0.25) is 0 Å². The van der Waals surface area contributed by atoms with E-state index < -0.39 is 0 Å². The van der Waals surface area contributed by atoms with Crippen LogP contribution in [0.1, 0.15) is 5.56 Å². The zero-order valence-corrected chi connectivity index (χ0v) is 9.49. The van der Waals surface area contributed by atoms with Crippen molar-refractivity contribution in [2.24, 2.45) is 0 Å². The molecule has 82 valence electrons. The molecular formula is C14H14O2. The van der Waals surface area contributed by atoms with E-state index in [0.717, 1.165) is 22.1 Å². The average Bonchev–Trinajstić information content (AvgIpc) is 2.36. The molecule has 0 radical (unpaired) electrons. The maximum Gasteiger partial charge on any atom is 0.119 e. The highest BCUT2D eigenvalue weighted by Gasteiger charge is 2.01. The fourth-order valence-corrected chi connectivity index (χ4v) is 1.64. The molecular weight excluding hydrogens is 200 g/mol. The fourth-order valence-electron chi connectivity index (χ4n) is 1.64. The Labute approximate surface area is 95.1 Å². The fraction of sp³-hybridized carbons (Fsp3) is 0.143. The maximum atomic E-state index is 5.18. The Morgan fingerprint density at radius 3 is 2.38 bits per heavy atom. The summed E-state index contributed by atoms with van der Waals surface area (Å²) in [5, 5.41) is 2.29. The van der Waals surface area contributed by atoms with E-state index in [2.05, 4.69) is 12.6 Å². The highest BCUT2D eigenvalue weighted by molar-refractivity contribution is 5.86. The van der Waals surface area contributed by atoms with Crippen LogP contribution in [-0.4, -0.2) is 14.2 Å². The van der Waals surface area contributed by atoms with E-state index >= 15 is 0 Å². The summed E-state index contributed by atoms with van der Waals surface area (Å²) in [6.07, 6.45) is 0. The molecule has 2 aromatic rings. The molecule has 0 aliphatic heterocycles. The Kier molecular flexibility index (Phi) is 2.82. The Morgan fingerprint density at radius 2 is 1.69 bits per heavy atom. The van der Waals surface area contributed by atoms with Crippen molar-refractivity contribution >= 4 is 16.5 Å². The number of benzene rings is 2. The Hall–Kier alpha value is -1.96. The van der Waals surface area contributed by atoms with Crippen LogP contribution in [0, 0.1) is 0 Å². The van der Waals surface area contributed by atoms with Crippen LogP contribution in [0.25, 0.3) is 16.5 Å². The molecule has 0 atom stereocenters. The first kappa shape index (κ1) is 10.6. The number of rotatable bonds is 3. The van der Waals surface area contributed by atoms with Gasteiger partial charge in [-0.3, -0.25) is 0 Å². The number of ether oxygens (including phenoxy) is 2. The van der Waals surface area contributed by atoms with Crippen molar-refractivity contribution in [3.63, 3.8) is 0 Å². The van der Waals surface area contributed by atoms with Crippen molar-refractivity contribution in [2.75, 3.05) is 14.2 Å². The molecule has 0 heterocycles. The molecule has 2 rings (SSSR count). The van der Waals surface area contributed by atoms with Crippen molar-refractivity contribution in [3.8, 4) is 5.75 Å². The normalized spacial score (nSPS) is 10.1. The first-order valence-corrected chi connectivity index (χ1v) is 5.05. The predicted octanol–water partition coefficient (Wildman–Crippen LogP) is 3.47. The van der Waals surface area contributed by atoms with Gasteiger partial charge < -0.3 is 9.47 Å². The molecule has 2 nitrogen and oxygen atoms in total. The van der Waals surface area contributed by atoms with Crippen LogP contribution in [-0.2, 0) is 4.74 Å². The molecule has 0 bridgehead atoms. The second-order valence-electron chi connectivity index (χ2n) is 3.56. The second-order valence-corrected chi connectivity index (χ2v) is 3.56. The lowest BCUT2D eigenvalue weighted by Crippen LogP contribution is -1.86. The van der Waals surface area contributed by atoms with Crippen LogP contribution in [0.15, 0.2) is 43.0 Å². The third-order valence-corrected chi connectivity index (χ3v) is 2.62. The van der Waals surface area contributed by atoms with Gasteiger partial charge in [-0.2, -0.15) is 0 Å². The molecule has 16 heavy (non-hydrogen) atoms. The molecule has 0 saturated carbocycles. The van der Waals surface area contributed by atoms with Gasteiger partial charge in [-0.05, 0) is 29.0 Å². The summed E-state index contributed by atoms with van der Waals surface area (Å²) < 4.78 is 10.3. The van der Waals surface area contributed by atoms with E-state index in [9.17, 15) is 0 Å². The molecule has 2 heteroatoms. The minimum absolute atomic E-state index is 0.678. The van der Waals surface area contributed by atoms with Crippen molar-refractivity contribution in [2.45, 2.75) is 0 Å². The van der Waals surface area contributed by atoms with Crippen molar-refractivity contribution in [3.05, 3.63) is 48.5 Å². The smallest absolute Gasteiger partial charge is 0.119 e. The SMILES string of the molecule is C=C(OC)c1ccc2cc(OC)ccc2c1. The predicted molar refractivity (Wildman–Crippen MR) is 66.5 cm³/mol. The third-order valence-electron chi connectivity index (χ3n) is 2.62. The van der Waals surface area contributed by atoms with Gasteiger partial charge in [-0.15, -0.1) is 0 Å². The summed E-state index contributed by atoms with van der Waals surface area (Å²) >= 11 is 0. The summed E-state index contributed by atoms with van der Waals surface area (Å²) in [6, 6.07) is 12.1. The molecule has 0 amide bonds. The van der Waals surface area contributed by atoms with Crippen LogP contribution in [0.3, 0.4) is 0 Å². The van der Waals surface area contributed by atoms with Crippen LogP contribution in [0.5, 0.6) is 5.75 Å². The summed E-state index contributed by atoms with van der Waals surface area (Å²) in [5.74, 6) is 1.54. The number of hydrogen-bond acceptors (Lipinski definition) is 2. The van der Waals surface area contributed by atoms with E-state index in [1.54, 1.807) is 14.2 Å². The maximum absolute atomic E-state index is 5.18. The van der Waals surface area contributed by atoms with E-state index in [4.69, 9.17) is 9.47 Å². The quantitative estimate of drug-likeness (QED) is 0.728. The molecule has 0 spiro atoms. The van der Waals surface area contributed by atoms with Gasteiger partial charge in [0.1, 0.15) is 11.5 Å². The number of methoxy groups -OCH3 is 2. The van der Waals surface area contributed by atoms with Gasteiger partial charge in [0.2, 0.25) is 0 Å². The van der Waals surface area contributed by atoms with E-state index in [1.807, 2.05) is 30.3 Å². The summed E-state index contributed by atoms with van der Waals surface area (Å²) in [6.45, 7) is 3.84. The monoisotopic (exact) mass is 214 g/mol. The van der Waals surface area contributed by atoms with Gasteiger partial charge in [0.15, 0.2) is 0 Å². The van der Waals surface area contributed by atoms with Crippen LogP contribution < -0.4 is 4.74 Å². The van der Waals surface area contributed by atoms with Gasteiger partial charge in [0, 0.05) is 5.56 Å². The Balaban J connectivity index is 2.51. The lowest BCUT2D eigenvalue weighted by molar-refractivity contribution is 0.371. The second kappa shape index (κ2) is 4.27. The number of fused-ring (bicyclic) bond motifs is 1. The molecule has 0 fully saturated rings. The lowest BCUT2D eigenvalue weighted by atomic mass is 10.1. The minimum Gasteiger partial charge on any atom is -0.497 e. The van der Waals surface area contributed by atoms with Gasteiger partial charge in [0.05, 0.1) is 14.2 Å². The molecule has 0 saturated heterocycles. The van der Waals surface area contributed by atoms with Crippen molar-refractivity contribution < 1.29 is 9.47 Å². The Morgan fingerprint density at radius 1 is 1.00 bits per heavy atom. The zero-order chi connectivity index (χ0) is 11.5. The topological polar surface area (TPSA) is 18.5 Å². The zero-order valence-electron chi connectivity index (χ0n) is 9.49. The highest BCUT2D eigenvalue weighted by Crippen LogP contribution is 2.24. The van der Waals surface area contributed by atoms with Crippen LogP contribution in [0.4, 0.5) is 0 Å². The first-order valence-electron chi connectivity index (χ1n) is 5.05. The van der Waals surface area contributed by atoms with Gasteiger partial charge in [0.25, 0.3) is 0 Å². The molecule has 0 aliphatic carbocycles. The minimum atomic E-state index is 0.678. The largest absolute Gasteiger partial charge is 0.497 e. The lowest BCUT2D eigenvalue weighted by Gasteiger charge is -2.07. The Bertz CT molecular complexity index is 529. The van der Waals surface area contributed by atoms with Crippen LogP contribution >= 0.6 is 0 Å². The van der Waals surface area contributed by atoms with Gasteiger partial charge in [-0.1, -0.05) is 24.8 Å². The molecule has 0 aliphatic rings. The van der Waals surface area contributed by atoms with Gasteiger partial charge >= 0.3 is 0 Å². The summed E-state index contributed by atoms with van der Waals surface area (Å²) in [7, 11) is 3.29. The average molecular weight is 214 g/mol. The van der Waals surface area contributed by atoms with Crippen molar-refractivity contribution in [1.82, 2.24) is 0 Å². The van der Waals surface area contributed by atoms with E-state index in [1.165, 1.54) is 0 Å². The van der Waals surface area contributed by atoms with E-state index in [0.29, 0.717) is 5.76 Å². The molecule has 0 N–H and O–H groups in total. The third kappa shape index (κ3) is 1.87. The van der Waals surface area contributed by atoms with Gasteiger partial charge in [-0.25, -0.2) is 0 Å². The van der Waals surface area contributed by atoms with Crippen molar-refractivity contribution in [1.29, 1.82) is 0 Å². The molecule has 0 unspecified atom stereocenters. The molecule has 2 aromatic carbocycles. The molecule has 0 aromatic heterocycles. The highest BCUT2D eigenvalue weighted by atomic mass is 16.5. The van der Waals surface area contributed by atoms with E-state index in [-0.39, 0.29) is 0 Å². The number of hydrogen-bond donors (Lipinski definition) is 0. The first-order chi connectivity index (χ1) is 7.74. The summed E-state index contributed by atoms with van der Waals surface area (Å²) in [4.78, 5) is 0. The standard InChI is InChI=1S/C14H14O2/c1-10(15-2)11-4-5-13-9-14(16-3)7-6-12(13)8-11/h4-9H,1H2,2-3H3.